The molecule has 0 bridgehead atoms. The van der Waals surface area contributed by atoms with E-state index in [9.17, 15) is 9.18 Å². The summed E-state index contributed by atoms with van der Waals surface area (Å²) in [6, 6.07) is 7.73. The van der Waals surface area contributed by atoms with Crippen LogP contribution in [0.5, 0.6) is 0 Å². The Morgan fingerprint density at radius 3 is 3.00 bits per heavy atom. The van der Waals surface area contributed by atoms with E-state index in [1.54, 1.807) is 11.0 Å². The molecule has 0 unspecified atom stereocenters. The van der Waals surface area contributed by atoms with Crippen LogP contribution in [0.3, 0.4) is 0 Å². The first-order valence-corrected chi connectivity index (χ1v) is 10.1. The van der Waals surface area contributed by atoms with Gasteiger partial charge >= 0.3 is 0 Å². The summed E-state index contributed by atoms with van der Waals surface area (Å²) in [5.41, 5.74) is 1.94. The Hall–Kier alpha value is -3.00. The molecule has 1 aliphatic heterocycles. The number of rotatable bonds is 7. The molecule has 1 fully saturated rings. The first-order chi connectivity index (χ1) is 14.4. The number of hydrogen-bond acceptors (Lipinski definition) is 6. The minimum Gasteiger partial charge on any atom is -0.363 e. The van der Waals surface area contributed by atoms with Crippen LogP contribution in [0.4, 0.5) is 21.8 Å². The molecule has 2 aromatic rings. The van der Waals surface area contributed by atoms with E-state index in [-0.39, 0.29) is 17.8 Å². The number of benzene rings is 1. The molecule has 0 spiro atoms. The van der Waals surface area contributed by atoms with Crippen LogP contribution in [0.15, 0.2) is 42.6 Å². The molecule has 1 amide bonds. The van der Waals surface area contributed by atoms with Crippen LogP contribution < -0.4 is 10.6 Å². The van der Waals surface area contributed by atoms with Gasteiger partial charge in [-0.3, -0.25) is 4.79 Å². The monoisotopic (exact) mass is 412 g/mol. The van der Waals surface area contributed by atoms with E-state index in [1.807, 2.05) is 56.3 Å². The smallest absolute Gasteiger partial charge is 0.246 e. The normalized spacial score (nSPS) is 16.8. The minimum absolute atomic E-state index is 0.0201. The van der Waals surface area contributed by atoms with Gasteiger partial charge in [0.1, 0.15) is 0 Å². The number of hydrogen-bond donors (Lipinski definition) is 2. The summed E-state index contributed by atoms with van der Waals surface area (Å²) >= 11 is 0. The highest BCUT2D eigenvalue weighted by Gasteiger charge is 2.23. The number of likely N-dealkylation sites (tertiary alicyclic amines) is 1. The molecule has 1 atom stereocenters. The van der Waals surface area contributed by atoms with Crippen molar-refractivity contribution in [2.24, 2.45) is 0 Å². The van der Waals surface area contributed by atoms with Gasteiger partial charge in [0.15, 0.2) is 11.6 Å². The Labute approximate surface area is 177 Å². The van der Waals surface area contributed by atoms with E-state index in [0.29, 0.717) is 25.6 Å². The van der Waals surface area contributed by atoms with Gasteiger partial charge in [-0.25, -0.2) is 9.37 Å². The average molecular weight is 413 g/mol. The Morgan fingerprint density at radius 2 is 2.23 bits per heavy atom. The molecule has 160 valence electrons. The number of anilines is 3. The van der Waals surface area contributed by atoms with Crippen molar-refractivity contribution in [3.8, 4) is 0 Å². The predicted octanol–water partition coefficient (Wildman–Crippen LogP) is 3.19. The molecule has 1 saturated heterocycles. The van der Waals surface area contributed by atoms with Gasteiger partial charge in [-0.1, -0.05) is 18.2 Å². The molecule has 30 heavy (non-hydrogen) atoms. The van der Waals surface area contributed by atoms with Gasteiger partial charge in [0.2, 0.25) is 11.9 Å². The van der Waals surface area contributed by atoms with Crippen molar-refractivity contribution in [3.05, 3.63) is 54.0 Å². The summed E-state index contributed by atoms with van der Waals surface area (Å²) in [4.78, 5) is 24.5. The first kappa shape index (κ1) is 21.7. The zero-order chi connectivity index (χ0) is 21.5. The maximum atomic E-state index is 14.3. The highest BCUT2D eigenvalue weighted by Crippen LogP contribution is 2.20. The number of carbonyl (C=O) groups is 1. The van der Waals surface area contributed by atoms with Crippen LogP contribution in [-0.4, -0.2) is 65.4 Å². The fourth-order valence-electron chi connectivity index (χ4n) is 3.34. The number of halogens is 1. The number of nitrogens with one attached hydrogen (secondary N) is 2. The molecule has 8 heteroatoms. The van der Waals surface area contributed by atoms with Crippen LogP contribution in [0, 0.1) is 12.7 Å². The van der Waals surface area contributed by atoms with Crippen LogP contribution in [0.2, 0.25) is 0 Å². The molecule has 1 aromatic heterocycles. The van der Waals surface area contributed by atoms with E-state index >= 15 is 0 Å². The number of aryl methyl sites for hydroxylation is 1. The molecule has 1 aliphatic rings. The zero-order valence-electron chi connectivity index (χ0n) is 17.7. The van der Waals surface area contributed by atoms with Crippen LogP contribution in [0.1, 0.15) is 18.4 Å². The van der Waals surface area contributed by atoms with Crippen molar-refractivity contribution in [2.45, 2.75) is 25.8 Å². The maximum Gasteiger partial charge on any atom is 0.246 e. The van der Waals surface area contributed by atoms with E-state index in [4.69, 9.17) is 0 Å². The standard InChI is InChI=1S/C22H29FN6O/c1-16-7-4-8-17(13-16)26-22-24-14-19(23)21(27-22)25-18-9-5-12-29(15-18)20(30)10-6-11-28(2)3/h4,6-8,10,13-14,18H,5,9,11-12,15H2,1-3H3,(H2,24,25,26,27)/b10-6+/t18-/m1/s1. The van der Waals surface area contributed by atoms with Gasteiger partial charge in [-0.05, 0) is 51.6 Å². The maximum absolute atomic E-state index is 14.3. The lowest BCUT2D eigenvalue weighted by Gasteiger charge is -2.33. The summed E-state index contributed by atoms with van der Waals surface area (Å²) in [5.74, 6) is -0.0742. The molecular formula is C22H29FN6O. The van der Waals surface area contributed by atoms with Crippen molar-refractivity contribution in [2.75, 3.05) is 44.4 Å². The molecule has 2 heterocycles. The van der Waals surface area contributed by atoms with Gasteiger partial charge in [0.25, 0.3) is 0 Å². The Kier molecular flexibility index (Phi) is 7.35. The number of likely N-dealkylation sites (N-methyl/N-ethyl adjacent to an activating group) is 1. The quantitative estimate of drug-likeness (QED) is 0.681. The summed E-state index contributed by atoms with van der Waals surface area (Å²) in [7, 11) is 3.90. The van der Waals surface area contributed by atoms with Gasteiger partial charge < -0.3 is 20.4 Å². The van der Waals surface area contributed by atoms with Crippen LogP contribution in [-0.2, 0) is 4.79 Å². The SMILES string of the molecule is Cc1cccc(Nc2ncc(F)c(N[C@@H]3CCCN(C(=O)/C=C/CN(C)C)C3)n2)c1. The lowest BCUT2D eigenvalue weighted by atomic mass is 10.1. The number of nitrogens with zero attached hydrogens (tertiary/aromatic N) is 4. The molecule has 7 nitrogen and oxygen atoms in total. The van der Waals surface area contributed by atoms with Gasteiger partial charge in [0.05, 0.1) is 6.20 Å². The third-order valence-electron chi connectivity index (χ3n) is 4.82. The highest BCUT2D eigenvalue weighted by molar-refractivity contribution is 5.87. The van der Waals surface area contributed by atoms with E-state index in [0.717, 1.165) is 30.3 Å². The van der Waals surface area contributed by atoms with Gasteiger partial charge in [-0.15, -0.1) is 0 Å². The second-order valence-electron chi connectivity index (χ2n) is 7.82. The molecule has 3 rings (SSSR count). The van der Waals surface area contributed by atoms with E-state index in [2.05, 4.69) is 20.6 Å². The van der Waals surface area contributed by atoms with Crippen LogP contribution >= 0.6 is 0 Å². The first-order valence-electron chi connectivity index (χ1n) is 10.1. The third kappa shape index (κ3) is 6.25. The Balaban J connectivity index is 1.63. The lowest BCUT2D eigenvalue weighted by molar-refractivity contribution is -0.127. The molecule has 1 aromatic carbocycles. The third-order valence-corrected chi connectivity index (χ3v) is 4.82. The lowest BCUT2D eigenvalue weighted by Crippen LogP contribution is -2.44. The predicted molar refractivity (Wildman–Crippen MR) is 117 cm³/mol. The largest absolute Gasteiger partial charge is 0.363 e. The number of aromatic nitrogens is 2. The van der Waals surface area contributed by atoms with E-state index < -0.39 is 5.82 Å². The van der Waals surface area contributed by atoms with Crippen LogP contribution in [0.25, 0.3) is 0 Å². The average Bonchev–Trinajstić information content (AvgIpc) is 2.70. The minimum atomic E-state index is -0.515. The van der Waals surface area contributed by atoms with Crippen molar-refractivity contribution < 1.29 is 9.18 Å². The van der Waals surface area contributed by atoms with Crippen molar-refractivity contribution >= 4 is 23.4 Å². The van der Waals surface area contributed by atoms with Gasteiger partial charge in [0, 0.05) is 37.4 Å². The zero-order valence-corrected chi connectivity index (χ0v) is 17.7. The summed E-state index contributed by atoms with van der Waals surface area (Å²) in [6.07, 6.45) is 6.31. The van der Waals surface area contributed by atoms with Crippen molar-refractivity contribution in [3.63, 3.8) is 0 Å². The number of amides is 1. The Morgan fingerprint density at radius 1 is 1.40 bits per heavy atom. The topological polar surface area (TPSA) is 73.4 Å². The van der Waals surface area contributed by atoms with Crippen molar-refractivity contribution in [1.29, 1.82) is 0 Å². The fourth-order valence-corrected chi connectivity index (χ4v) is 3.34. The molecule has 0 aliphatic carbocycles. The fraction of sp³-hybridized carbons (Fsp3) is 0.409. The van der Waals surface area contributed by atoms with E-state index in [1.165, 1.54) is 0 Å². The Bertz CT molecular complexity index is 901. The van der Waals surface area contributed by atoms with Crippen molar-refractivity contribution in [1.82, 2.24) is 19.8 Å². The second kappa shape index (κ2) is 10.2. The summed E-state index contributed by atoms with van der Waals surface area (Å²) in [6.45, 7) is 3.92. The molecule has 0 radical (unpaired) electrons. The number of piperidine rings is 1. The molecular weight excluding hydrogens is 383 g/mol. The summed E-state index contributed by atoms with van der Waals surface area (Å²) in [5, 5.41) is 6.26. The molecule has 0 saturated carbocycles. The highest BCUT2D eigenvalue weighted by atomic mass is 19.1. The number of carbonyl (C=O) groups excluding carboxylic acids is 1. The summed E-state index contributed by atoms with van der Waals surface area (Å²) < 4.78 is 14.3. The second-order valence-corrected chi connectivity index (χ2v) is 7.82. The van der Waals surface area contributed by atoms with Gasteiger partial charge in [-0.2, -0.15) is 4.98 Å². The molecule has 2 N–H and O–H groups in total.